The first kappa shape index (κ1) is 26.2. The fourth-order valence-electron chi connectivity index (χ4n) is 4.03. The van der Waals surface area contributed by atoms with Crippen LogP contribution >= 0.6 is 12.2 Å². The number of nitrogens with two attached hydrogens (primary N) is 1. The van der Waals surface area contributed by atoms with Gasteiger partial charge in [0.15, 0.2) is 0 Å². The van der Waals surface area contributed by atoms with Gasteiger partial charge in [-0.2, -0.15) is 0 Å². The molecule has 3 aromatic rings. The average Bonchev–Trinajstić information content (AvgIpc) is 3.19. The van der Waals surface area contributed by atoms with Gasteiger partial charge >= 0.3 is 0 Å². The Bertz CT molecular complexity index is 1180. The minimum absolute atomic E-state index is 0.0710. The molecule has 0 radical (unpaired) electrons. The third-order valence-corrected chi connectivity index (χ3v) is 5.93. The van der Waals surface area contributed by atoms with Crippen LogP contribution < -0.4 is 5.73 Å². The van der Waals surface area contributed by atoms with E-state index in [1.165, 1.54) is 36.4 Å². The Kier molecular flexibility index (Phi) is 9.06. The maximum absolute atomic E-state index is 13.7. The molecule has 190 valence electrons. The van der Waals surface area contributed by atoms with E-state index in [9.17, 15) is 13.2 Å². The summed E-state index contributed by atoms with van der Waals surface area (Å²) in [5.74, 6) is -1.12. The number of rotatable bonds is 11. The van der Waals surface area contributed by atoms with Gasteiger partial charge in [-0.05, 0) is 53.1 Å². The van der Waals surface area contributed by atoms with Crippen molar-refractivity contribution in [3.8, 4) is 0 Å². The predicted molar refractivity (Wildman–Crippen MR) is 131 cm³/mol. The van der Waals surface area contributed by atoms with Gasteiger partial charge in [0.1, 0.15) is 46.9 Å². The number of thiocarbonyl (C=S) groups is 1. The first-order valence-corrected chi connectivity index (χ1v) is 11.8. The maximum atomic E-state index is 13.7. The molecule has 1 saturated heterocycles. The molecule has 1 heterocycles. The summed E-state index contributed by atoms with van der Waals surface area (Å²) >= 11 is 5.21. The zero-order chi connectivity index (χ0) is 25.5. The van der Waals surface area contributed by atoms with Crippen LogP contribution in [0.5, 0.6) is 0 Å². The lowest BCUT2D eigenvalue weighted by Crippen LogP contribution is -2.42. The molecule has 4 rings (SSSR count). The van der Waals surface area contributed by atoms with Crippen LogP contribution in [-0.4, -0.2) is 36.0 Å². The van der Waals surface area contributed by atoms with E-state index in [2.05, 4.69) is 0 Å². The smallest absolute Gasteiger partial charge is 0.137 e. The Morgan fingerprint density at radius 2 is 1.22 bits per heavy atom. The first-order chi connectivity index (χ1) is 17.4. The number of hydrogen-bond donors (Lipinski definition) is 1. The standard InChI is InChI=1S/C27H26F3NO4S/c28-20-7-1-4-17(10-20)13-32-16-23-24(33-14-18-5-2-8-21(29)11-18)25(26(35-23)27(31)36)34-15-19-6-3-9-22(30)12-19/h1-12,23-26H,13-16H2,(H2,31,36)/t23-,24-,25-,26+/m1/s1. The molecule has 3 aromatic carbocycles. The summed E-state index contributed by atoms with van der Waals surface area (Å²) in [6.07, 6.45) is -2.81. The third kappa shape index (κ3) is 7.11. The van der Waals surface area contributed by atoms with Gasteiger partial charge in [-0.3, -0.25) is 0 Å². The number of benzene rings is 3. The number of ether oxygens (including phenoxy) is 4. The van der Waals surface area contributed by atoms with Crippen molar-refractivity contribution in [2.75, 3.05) is 6.61 Å². The minimum Gasteiger partial charge on any atom is -0.391 e. The second-order valence-electron chi connectivity index (χ2n) is 8.45. The lowest BCUT2D eigenvalue weighted by atomic mass is 10.1. The highest BCUT2D eigenvalue weighted by Gasteiger charge is 2.47. The van der Waals surface area contributed by atoms with Crippen LogP contribution in [0.25, 0.3) is 0 Å². The summed E-state index contributed by atoms with van der Waals surface area (Å²) in [4.78, 5) is 0.0752. The fourth-order valence-corrected chi connectivity index (χ4v) is 4.22. The quantitative estimate of drug-likeness (QED) is 0.367. The maximum Gasteiger partial charge on any atom is 0.137 e. The van der Waals surface area contributed by atoms with Gasteiger partial charge in [0, 0.05) is 0 Å². The second-order valence-corrected chi connectivity index (χ2v) is 8.93. The SMILES string of the molecule is NC(=S)[C@H]1O[C@H](COCc2cccc(F)c2)[C@@H](OCc2cccc(F)c2)[C@H]1OCc1cccc(F)c1. The van der Waals surface area contributed by atoms with E-state index in [1.54, 1.807) is 36.4 Å². The van der Waals surface area contributed by atoms with Gasteiger partial charge in [0.2, 0.25) is 0 Å². The van der Waals surface area contributed by atoms with Gasteiger partial charge in [-0.1, -0.05) is 48.6 Å². The van der Waals surface area contributed by atoms with Crippen molar-refractivity contribution < 1.29 is 32.1 Å². The van der Waals surface area contributed by atoms with Gasteiger partial charge in [-0.15, -0.1) is 0 Å². The molecule has 0 unspecified atom stereocenters. The molecule has 4 atom stereocenters. The summed E-state index contributed by atoms with van der Waals surface area (Å²) in [6.45, 7) is 0.391. The Hall–Kier alpha value is -2.82. The van der Waals surface area contributed by atoms with E-state index >= 15 is 0 Å². The molecule has 36 heavy (non-hydrogen) atoms. The van der Waals surface area contributed by atoms with Crippen molar-refractivity contribution in [2.45, 2.75) is 44.2 Å². The summed E-state index contributed by atoms with van der Waals surface area (Å²) in [7, 11) is 0. The molecule has 0 aliphatic carbocycles. The zero-order valence-electron chi connectivity index (χ0n) is 19.3. The zero-order valence-corrected chi connectivity index (χ0v) is 20.1. The Labute approximate surface area is 212 Å². The highest BCUT2D eigenvalue weighted by Crippen LogP contribution is 2.29. The van der Waals surface area contributed by atoms with Crippen LogP contribution in [-0.2, 0) is 38.8 Å². The molecule has 0 amide bonds. The highest BCUT2D eigenvalue weighted by atomic mass is 32.1. The molecule has 0 spiro atoms. The molecule has 0 bridgehead atoms. The largest absolute Gasteiger partial charge is 0.391 e. The van der Waals surface area contributed by atoms with Gasteiger partial charge in [-0.25, -0.2) is 13.2 Å². The Morgan fingerprint density at radius 1 is 0.750 bits per heavy atom. The summed E-state index contributed by atoms with van der Waals surface area (Å²) in [5.41, 5.74) is 7.85. The normalized spacial score (nSPS) is 21.5. The second kappa shape index (κ2) is 12.4. The van der Waals surface area contributed by atoms with E-state index in [4.69, 9.17) is 36.9 Å². The van der Waals surface area contributed by atoms with Crippen LogP contribution in [0, 0.1) is 17.5 Å². The molecule has 9 heteroatoms. The van der Waals surface area contributed by atoms with Crippen molar-refractivity contribution in [3.63, 3.8) is 0 Å². The lowest BCUT2D eigenvalue weighted by Gasteiger charge is -2.25. The molecule has 5 nitrogen and oxygen atoms in total. The van der Waals surface area contributed by atoms with Crippen molar-refractivity contribution in [1.82, 2.24) is 0 Å². The molecular formula is C27H26F3NO4S. The molecule has 1 aliphatic heterocycles. The Morgan fingerprint density at radius 3 is 1.69 bits per heavy atom. The molecule has 0 saturated carbocycles. The van der Waals surface area contributed by atoms with Crippen molar-refractivity contribution in [3.05, 3.63) is 107 Å². The van der Waals surface area contributed by atoms with E-state index in [1.807, 2.05) is 0 Å². The van der Waals surface area contributed by atoms with Crippen LogP contribution in [0.2, 0.25) is 0 Å². The molecule has 2 N–H and O–H groups in total. The van der Waals surface area contributed by atoms with E-state index in [0.717, 1.165) is 0 Å². The van der Waals surface area contributed by atoms with Crippen LogP contribution in [0.3, 0.4) is 0 Å². The first-order valence-electron chi connectivity index (χ1n) is 11.4. The van der Waals surface area contributed by atoms with Gasteiger partial charge < -0.3 is 24.7 Å². The van der Waals surface area contributed by atoms with E-state index < -0.39 is 24.4 Å². The Balaban J connectivity index is 1.49. The van der Waals surface area contributed by atoms with E-state index in [0.29, 0.717) is 16.7 Å². The molecule has 1 fully saturated rings. The monoisotopic (exact) mass is 517 g/mol. The lowest BCUT2D eigenvalue weighted by molar-refractivity contribution is -0.0896. The summed E-state index contributed by atoms with van der Waals surface area (Å²) in [6, 6.07) is 18.2. The van der Waals surface area contributed by atoms with Crippen LogP contribution in [0.15, 0.2) is 72.8 Å². The van der Waals surface area contributed by atoms with Crippen molar-refractivity contribution in [2.24, 2.45) is 5.73 Å². The highest BCUT2D eigenvalue weighted by molar-refractivity contribution is 7.80. The van der Waals surface area contributed by atoms with Crippen molar-refractivity contribution >= 4 is 17.2 Å². The van der Waals surface area contributed by atoms with E-state index in [-0.39, 0.29) is 48.9 Å². The predicted octanol–water partition coefficient (Wildman–Crippen LogP) is 4.84. The van der Waals surface area contributed by atoms with Crippen LogP contribution in [0.1, 0.15) is 16.7 Å². The van der Waals surface area contributed by atoms with Crippen LogP contribution in [0.4, 0.5) is 13.2 Å². The summed E-state index contributed by atoms with van der Waals surface area (Å²) in [5, 5.41) is 0. The summed E-state index contributed by atoms with van der Waals surface area (Å²) < 4.78 is 64.9. The molecular weight excluding hydrogens is 491 g/mol. The average molecular weight is 518 g/mol. The molecule has 0 aromatic heterocycles. The van der Waals surface area contributed by atoms with Gasteiger partial charge in [0.25, 0.3) is 0 Å². The van der Waals surface area contributed by atoms with Gasteiger partial charge in [0.05, 0.1) is 26.4 Å². The fraction of sp³-hybridized carbons (Fsp3) is 0.296. The molecule has 1 aliphatic rings. The number of halogens is 3. The minimum atomic E-state index is -0.783. The topological polar surface area (TPSA) is 62.9 Å². The van der Waals surface area contributed by atoms with Crippen molar-refractivity contribution in [1.29, 1.82) is 0 Å². The number of hydrogen-bond acceptors (Lipinski definition) is 5. The third-order valence-electron chi connectivity index (χ3n) is 5.69.